The number of carbonyl (C=O) groups is 2. The van der Waals surface area contributed by atoms with Gasteiger partial charge in [0.25, 0.3) is 5.91 Å². The largest absolute Gasteiger partial charge is 0.496 e. The smallest absolute Gasteiger partial charge is 0.251 e. The van der Waals surface area contributed by atoms with Crippen LogP contribution in [0.2, 0.25) is 0 Å². The number of likely N-dealkylation sites (N-methyl/N-ethyl adjacent to an activating group) is 1. The second kappa shape index (κ2) is 12.3. The number of ether oxygens (including phenoxy) is 1. The highest BCUT2D eigenvalue weighted by atomic mass is 16.7. The van der Waals surface area contributed by atoms with E-state index in [1.165, 1.54) is 5.06 Å². The monoisotopic (exact) mass is 500 g/mol. The maximum absolute atomic E-state index is 12.6. The zero-order valence-corrected chi connectivity index (χ0v) is 21.2. The predicted molar refractivity (Wildman–Crippen MR) is 135 cm³/mol. The molecular weight excluding hydrogens is 464 g/mol. The van der Waals surface area contributed by atoms with Gasteiger partial charge in [0.1, 0.15) is 17.9 Å². The molecule has 3 rings (SSSR count). The lowest BCUT2D eigenvalue weighted by molar-refractivity contribution is -0.181. The maximum atomic E-state index is 12.6. The van der Waals surface area contributed by atoms with Crippen LogP contribution in [0.5, 0.6) is 5.75 Å². The highest BCUT2D eigenvalue weighted by Crippen LogP contribution is 2.37. The third kappa shape index (κ3) is 6.21. The second-order valence-electron chi connectivity index (χ2n) is 9.20. The van der Waals surface area contributed by atoms with Gasteiger partial charge in [-0.1, -0.05) is 30.3 Å². The number of aliphatic hydroxyl groups excluding tert-OH is 2. The van der Waals surface area contributed by atoms with Gasteiger partial charge in [0.2, 0.25) is 5.91 Å². The van der Waals surface area contributed by atoms with Gasteiger partial charge in [-0.15, -0.1) is 0 Å². The Kier molecular flexibility index (Phi) is 9.41. The minimum absolute atomic E-state index is 0.134. The molecule has 4 atom stereocenters. The summed E-state index contributed by atoms with van der Waals surface area (Å²) in [6.07, 6.45) is -1.68. The molecule has 0 aliphatic carbocycles. The summed E-state index contributed by atoms with van der Waals surface area (Å²) < 4.78 is 5.75. The fourth-order valence-electron chi connectivity index (χ4n) is 4.57. The van der Waals surface area contributed by atoms with Crippen LogP contribution in [-0.4, -0.2) is 91.1 Å². The summed E-state index contributed by atoms with van der Waals surface area (Å²) in [5.41, 5.74) is 8.44. The Balaban J connectivity index is 1.89. The van der Waals surface area contributed by atoms with Crippen LogP contribution in [0.3, 0.4) is 0 Å². The minimum atomic E-state index is -0.926. The topological polar surface area (TPSA) is 138 Å². The van der Waals surface area contributed by atoms with Crippen molar-refractivity contribution >= 4 is 11.8 Å². The predicted octanol–water partition coefficient (Wildman–Crippen LogP) is 0.613. The number of benzene rings is 2. The Labute approximate surface area is 211 Å². The molecule has 0 spiro atoms. The van der Waals surface area contributed by atoms with Gasteiger partial charge >= 0.3 is 0 Å². The molecule has 0 saturated carbocycles. The molecular formula is C26H36N4O6. The van der Waals surface area contributed by atoms with E-state index in [-0.39, 0.29) is 19.1 Å². The Morgan fingerprint density at radius 2 is 1.97 bits per heavy atom. The van der Waals surface area contributed by atoms with Crippen molar-refractivity contribution < 1.29 is 29.4 Å². The Hall–Kier alpha value is -3.02. The lowest BCUT2D eigenvalue weighted by Gasteiger charge is -2.25. The molecule has 0 aromatic heterocycles. The number of nitrogens with zero attached hydrogens (tertiary/aromatic N) is 2. The third-order valence-corrected chi connectivity index (χ3v) is 6.31. The number of rotatable bonds is 11. The first kappa shape index (κ1) is 27.6. The molecule has 2 amide bonds. The summed E-state index contributed by atoms with van der Waals surface area (Å²) in [5.74, 6) is -0.942. The van der Waals surface area contributed by atoms with Crippen molar-refractivity contribution in [1.82, 2.24) is 15.3 Å². The molecule has 10 heteroatoms. The van der Waals surface area contributed by atoms with E-state index in [4.69, 9.17) is 15.3 Å². The number of nitrogens with two attached hydrogens (primary N) is 1. The molecule has 196 valence electrons. The van der Waals surface area contributed by atoms with E-state index in [9.17, 15) is 19.8 Å². The number of carbonyl (C=O) groups excluding carboxylic acids is 2. The van der Waals surface area contributed by atoms with Gasteiger partial charge in [0.05, 0.1) is 26.4 Å². The maximum Gasteiger partial charge on any atom is 0.251 e. The molecule has 10 nitrogen and oxygen atoms in total. The Morgan fingerprint density at radius 1 is 1.25 bits per heavy atom. The lowest BCUT2D eigenvalue weighted by Crippen LogP contribution is -2.47. The number of para-hydroxylation sites is 1. The van der Waals surface area contributed by atoms with Crippen molar-refractivity contribution in [2.24, 2.45) is 11.7 Å². The van der Waals surface area contributed by atoms with Crippen LogP contribution < -0.4 is 15.8 Å². The van der Waals surface area contributed by atoms with Crippen LogP contribution in [0.4, 0.5) is 0 Å². The van der Waals surface area contributed by atoms with Crippen LogP contribution in [0.25, 0.3) is 11.1 Å². The number of hydrogen-bond donors (Lipinski definition) is 4. The van der Waals surface area contributed by atoms with E-state index < -0.39 is 30.1 Å². The zero-order chi connectivity index (χ0) is 26.4. The van der Waals surface area contributed by atoms with Crippen molar-refractivity contribution in [2.75, 3.05) is 40.9 Å². The van der Waals surface area contributed by atoms with Crippen molar-refractivity contribution in [2.45, 2.75) is 31.7 Å². The van der Waals surface area contributed by atoms with Crippen molar-refractivity contribution in [3.05, 3.63) is 53.6 Å². The number of primary amides is 1. The molecule has 1 saturated heterocycles. The normalized spacial score (nSPS) is 20.9. The van der Waals surface area contributed by atoms with Crippen LogP contribution >= 0.6 is 0 Å². The van der Waals surface area contributed by atoms with Gasteiger partial charge in [0, 0.05) is 35.7 Å². The fourth-order valence-corrected chi connectivity index (χ4v) is 4.57. The summed E-state index contributed by atoms with van der Waals surface area (Å²) in [7, 11) is 5.43. The quantitative estimate of drug-likeness (QED) is 0.352. The summed E-state index contributed by atoms with van der Waals surface area (Å²) in [5, 5.41) is 24.3. The summed E-state index contributed by atoms with van der Waals surface area (Å²) in [6, 6.07) is 11.9. The summed E-state index contributed by atoms with van der Waals surface area (Å²) in [4.78, 5) is 32.7. The van der Waals surface area contributed by atoms with E-state index in [1.807, 2.05) is 49.3 Å². The van der Waals surface area contributed by atoms with E-state index >= 15 is 0 Å². The molecule has 36 heavy (non-hydrogen) atoms. The van der Waals surface area contributed by atoms with Gasteiger partial charge in [-0.05, 0) is 38.7 Å². The molecule has 1 aliphatic rings. The van der Waals surface area contributed by atoms with Crippen LogP contribution in [0.15, 0.2) is 42.5 Å². The van der Waals surface area contributed by atoms with E-state index in [0.717, 1.165) is 17.7 Å². The number of aliphatic hydroxyl groups is 2. The number of methoxy groups -OCH3 is 1. The Bertz CT molecular complexity index is 1060. The molecule has 1 heterocycles. The number of nitrogens with one attached hydrogen (secondary N) is 1. The zero-order valence-electron chi connectivity index (χ0n) is 21.2. The minimum Gasteiger partial charge on any atom is -0.496 e. The van der Waals surface area contributed by atoms with E-state index in [1.54, 1.807) is 26.2 Å². The van der Waals surface area contributed by atoms with Crippen molar-refractivity contribution in [3.8, 4) is 16.9 Å². The standard InChI is InChI=1S/C26H36N4O6/c1-16(32)22-21(15-31)36-30(23(22)25(27)33)14-19-9-6-10-20(24(19)35-4)17-7-5-8-18(13-17)26(34)28-11-12-29(2)3/h5-10,13,16,21-23,31-32H,11-12,14-15H2,1-4H3,(H2,27,33)(H,28,34)/t16?,21-,22?,23-/m0/s1. The number of hydrogen-bond acceptors (Lipinski definition) is 8. The molecule has 5 N–H and O–H groups in total. The van der Waals surface area contributed by atoms with Gasteiger partial charge in [0.15, 0.2) is 0 Å². The molecule has 2 aromatic carbocycles. The van der Waals surface area contributed by atoms with Crippen LogP contribution in [0, 0.1) is 5.92 Å². The second-order valence-corrected chi connectivity index (χ2v) is 9.20. The fraction of sp³-hybridized carbons (Fsp3) is 0.462. The number of hydroxylamine groups is 2. The van der Waals surface area contributed by atoms with Crippen molar-refractivity contribution in [1.29, 1.82) is 0 Å². The average molecular weight is 501 g/mol. The molecule has 2 aromatic rings. The first-order valence-corrected chi connectivity index (χ1v) is 11.9. The molecule has 1 aliphatic heterocycles. The molecule has 0 bridgehead atoms. The SMILES string of the molecule is COc1c(CN2O[C@@H](CO)C(C(C)O)[C@H]2C(N)=O)cccc1-c1cccc(C(=O)NCCN(C)C)c1. The Morgan fingerprint density at radius 3 is 2.58 bits per heavy atom. The number of amides is 2. The van der Waals surface area contributed by atoms with Gasteiger partial charge in [-0.25, -0.2) is 0 Å². The van der Waals surface area contributed by atoms with Crippen LogP contribution in [-0.2, 0) is 16.2 Å². The van der Waals surface area contributed by atoms with Gasteiger partial charge in [-0.3, -0.25) is 14.4 Å². The van der Waals surface area contributed by atoms with Gasteiger partial charge in [-0.2, -0.15) is 5.06 Å². The summed E-state index contributed by atoms with van der Waals surface area (Å²) >= 11 is 0. The van der Waals surface area contributed by atoms with Gasteiger partial charge < -0.3 is 30.9 Å². The molecule has 2 unspecified atom stereocenters. The van der Waals surface area contributed by atoms with Crippen LogP contribution in [0.1, 0.15) is 22.8 Å². The highest BCUT2D eigenvalue weighted by Gasteiger charge is 2.48. The lowest BCUT2D eigenvalue weighted by atomic mass is 9.89. The van der Waals surface area contributed by atoms with E-state index in [0.29, 0.717) is 23.4 Å². The summed E-state index contributed by atoms with van der Waals surface area (Å²) in [6.45, 7) is 2.58. The highest BCUT2D eigenvalue weighted by molar-refractivity contribution is 5.95. The molecule has 0 radical (unpaired) electrons. The first-order valence-electron chi connectivity index (χ1n) is 11.9. The van der Waals surface area contributed by atoms with E-state index in [2.05, 4.69) is 5.32 Å². The molecule has 1 fully saturated rings. The van der Waals surface area contributed by atoms with Crippen molar-refractivity contribution in [3.63, 3.8) is 0 Å². The first-order chi connectivity index (χ1) is 17.2. The average Bonchev–Trinajstić information content (AvgIpc) is 3.22. The third-order valence-electron chi connectivity index (χ3n) is 6.31.